The van der Waals surface area contributed by atoms with E-state index in [0.717, 1.165) is 11.1 Å². The molecule has 2 amide bonds. The molecule has 0 saturated carbocycles. The van der Waals surface area contributed by atoms with Crippen LogP contribution in [-0.2, 0) is 6.42 Å². The molecule has 0 fully saturated rings. The summed E-state index contributed by atoms with van der Waals surface area (Å²) in [6, 6.07) is 23.5. The van der Waals surface area contributed by atoms with Gasteiger partial charge in [0.05, 0.1) is 0 Å². The van der Waals surface area contributed by atoms with E-state index in [9.17, 15) is 14.7 Å². The largest absolute Gasteiger partial charge is 0.508 e. The molecular formula is C23H22N2O3. The van der Waals surface area contributed by atoms with Gasteiger partial charge in [-0.15, -0.1) is 0 Å². The molecule has 5 nitrogen and oxygen atoms in total. The zero-order valence-corrected chi connectivity index (χ0v) is 15.4. The molecule has 142 valence electrons. The van der Waals surface area contributed by atoms with Crippen LogP contribution in [0.4, 0.5) is 0 Å². The van der Waals surface area contributed by atoms with Crippen molar-refractivity contribution in [2.24, 2.45) is 0 Å². The topological polar surface area (TPSA) is 78.4 Å². The Labute approximate surface area is 164 Å². The monoisotopic (exact) mass is 374 g/mol. The van der Waals surface area contributed by atoms with E-state index in [4.69, 9.17) is 0 Å². The number of benzene rings is 3. The Morgan fingerprint density at radius 3 is 2.04 bits per heavy atom. The first-order chi connectivity index (χ1) is 13.6. The van der Waals surface area contributed by atoms with Crippen molar-refractivity contribution in [2.45, 2.75) is 6.42 Å². The third-order valence-corrected chi connectivity index (χ3v) is 4.32. The van der Waals surface area contributed by atoms with Crippen LogP contribution in [-0.4, -0.2) is 30.0 Å². The molecule has 0 spiro atoms. The second-order valence-corrected chi connectivity index (χ2v) is 6.38. The van der Waals surface area contributed by atoms with Crippen LogP contribution in [0.5, 0.6) is 5.75 Å². The molecule has 0 aliphatic carbocycles. The molecule has 0 heterocycles. The smallest absolute Gasteiger partial charge is 0.251 e. The van der Waals surface area contributed by atoms with E-state index >= 15 is 0 Å². The standard InChI is InChI=1S/C23H22N2O3/c26-20-12-10-18(11-13-20)22(27)24-14-15-25-23(28)21-9-5-4-8-19(21)16-17-6-2-1-3-7-17/h1-13,26H,14-16H2,(H,24,27)(H,25,28). The van der Waals surface area contributed by atoms with Crippen LogP contribution < -0.4 is 10.6 Å². The number of phenols is 1. The molecule has 3 N–H and O–H groups in total. The minimum absolute atomic E-state index is 0.109. The van der Waals surface area contributed by atoms with E-state index in [2.05, 4.69) is 10.6 Å². The molecule has 0 aliphatic heterocycles. The summed E-state index contributed by atoms with van der Waals surface area (Å²) in [5.74, 6) is -0.304. The minimum atomic E-state index is -0.251. The van der Waals surface area contributed by atoms with E-state index in [1.165, 1.54) is 12.1 Å². The summed E-state index contributed by atoms with van der Waals surface area (Å²) in [4.78, 5) is 24.6. The lowest BCUT2D eigenvalue weighted by Crippen LogP contribution is -2.35. The molecule has 3 aromatic rings. The van der Waals surface area contributed by atoms with Gasteiger partial charge in [-0.05, 0) is 47.9 Å². The van der Waals surface area contributed by atoms with Gasteiger partial charge in [-0.3, -0.25) is 9.59 Å². The normalized spacial score (nSPS) is 10.3. The van der Waals surface area contributed by atoms with Crippen LogP contribution in [0, 0.1) is 0 Å². The van der Waals surface area contributed by atoms with Gasteiger partial charge in [0.15, 0.2) is 0 Å². The third-order valence-electron chi connectivity index (χ3n) is 4.32. The number of nitrogens with one attached hydrogen (secondary N) is 2. The molecule has 3 aromatic carbocycles. The summed E-state index contributed by atoms with van der Waals surface area (Å²) in [6.07, 6.45) is 0.683. The molecule has 0 atom stereocenters. The fourth-order valence-electron chi connectivity index (χ4n) is 2.87. The van der Waals surface area contributed by atoms with E-state index in [1.807, 2.05) is 54.6 Å². The number of phenolic OH excluding ortho intramolecular Hbond substituents is 1. The summed E-state index contributed by atoms with van der Waals surface area (Å²) >= 11 is 0. The van der Waals surface area contributed by atoms with Crippen LogP contribution in [0.15, 0.2) is 78.9 Å². The van der Waals surface area contributed by atoms with Crippen molar-refractivity contribution in [3.63, 3.8) is 0 Å². The maximum atomic E-state index is 12.6. The number of rotatable bonds is 7. The summed E-state index contributed by atoms with van der Waals surface area (Å²) in [6.45, 7) is 0.634. The molecule has 3 rings (SSSR count). The maximum Gasteiger partial charge on any atom is 0.251 e. The highest BCUT2D eigenvalue weighted by Gasteiger charge is 2.11. The van der Waals surface area contributed by atoms with Gasteiger partial charge < -0.3 is 15.7 Å². The molecule has 0 radical (unpaired) electrons. The predicted molar refractivity (Wildman–Crippen MR) is 108 cm³/mol. The highest BCUT2D eigenvalue weighted by Crippen LogP contribution is 2.14. The minimum Gasteiger partial charge on any atom is -0.508 e. The van der Waals surface area contributed by atoms with Gasteiger partial charge >= 0.3 is 0 Å². The van der Waals surface area contributed by atoms with Crippen LogP contribution in [0.3, 0.4) is 0 Å². The Bertz CT molecular complexity index is 938. The molecule has 0 aliphatic rings. The summed E-state index contributed by atoms with van der Waals surface area (Å²) in [7, 11) is 0. The van der Waals surface area contributed by atoms with Gasteiger partial charge in [0, 0.05) is 24.2 Å². The lowest BCUT2D eigenvalue weighted by atomic mass is 9.99. The maximum absolute atomic E-state index is 12.6. The fraction of sp³-hybridized carbons (Fsp3) is 0.130. The zero-order chi connectivity index (χ0) is 19.8. The number of amides is 2. The van der Waals surface area contributed by atoms with Crippen molar-refractivity contribution in [1.29, 1.82) is 0 Å². The molecule has 28 heavy (non-hydrogen) atoms. The Balaban J connectivity index is 1.52. The Hall–Kier alpha value is -3.60. The van der Waals surface area contributed by atoms with Crippen molar-refractivity contribution in [1.82, 2.24) is 10.6 Å². The number of aromatic hydroxyl groups is 1. The Morgan fingerprint density at radius 2 is 1.32 bits per heavy atom. The van der Waals surface area contributed by atoms with E-state index in [1.54, 1.807) is 12.1 Å². The number of hydrogen-bond acceptors (Lipinski definition) is 3. The lowest BCUT2D eigenvalue weighted by molar-refractivity contribution is 0.0927. The zero-order valence-electron chi connectivity index (χ0n) is 15.4. The van der Waals surface area contributed by atoms with E-state index in [0.29, 0.717) is 30.6 Å². The number of carbonyl (C=O) groups is 2. The van der Waals surface area contributed by atoms with Crippen LogP contribution in [0.1, 0.15) is 31.8 Å². The SMILES string of the molecule is O=C(NCCNC(=O)c1ccccc1Cc1ccccc1)c1ccc(O)cc1. The van der Waals surface area contributed by atoms with Crippen molar-refractivity contribution < 1.29 is 14.7 Å². The van der Waals surface area contributed by atoms with Crippen molar-refractivity contribution >= 4 is 11.8 Å². The van der Waals surface area contributed by atoms with Crippen LogP contribution in [0.2, 0.25) is 0 Å². The summed E-state index contributed by atoms with van der Waals surface area (Å²) < 4.78 is 0. The molecular weight excluding hydrogens is 352 g/mol. The van der Waals surface area contributed by atoms with Gasteiger partial charge in [-0.1, -0.05) is 48.5 Å². The highest BCUT2D eigenvalue weighted by molar-refractivity contribution is 5.96. The first-order valence-electron chi connectivity index (χ1n) is 9.11. The van der Waals surface area contributed by atoms with Crippen LogP contribution >= 0.6 is 0 Å². The second kappa shape index (κ2) is 9.37. The van der Waals surface area contributed by atoms with Gasteiger partial charge in [0.1, 0.15) is 5.75 Å². The first kappa shape index (κ1) is 19.2. The summed E-state index contributed by atoms with van der Waals surface area (Å²) in [5, 5.41) is 14.8. The van der Waals surface area contributed by atoms with Crippen LogP contribution in [0.25, 0.3) is 0 Å². The molecule has 0 aromatic heterocycles. The van der Waals surface area contributed by atoms with Gasteiger partial charge in [0.25, 0.3) is 11.8 Å². The van der Waals surface area contributed by atoms with Crippen molar-refractivity contribution in [3.05, 3.63) is 101 Å². The molecule has 0 unspecified atom stereocenters. The first-order valence-corrected chi connectivity index (χ1v) is 9.11. The highest BCUT2D eigenvalue weighted by atomic mass is 16.3. The third kappa shape index (κ3) is 5.20. The fourth-order valence-corrected chi connectivity index (χ4v) is 2.87. The molecule has 0 bridgehead atoms. The average molecular weight is 374 g/mol. The Kier molecular flexibility index (Phi) is 6.41. The Morgan fingerprint density at radius 1 is 0.714 bits per heavy atom. The number of hydrogen-bond donors (Lipinski definition) is 3. The number of carbonyl (C=O) groups excluding carboxylic acids is 2. The van der Waals surface area contributed by atoms with Crippen molar-refractivity contribution in [3.8, 4) is 5.75 Å². The predicted octanol–water partition coefficient (Wildman–Crippen LogP) is 3.14. The lowest BCUT2D eigenvalue weighted by Gasteiger charge is -2.11. The van der Waals surface area contributed by atoms with E-state index in [-0.39, 0.29) is 17.6 Å². The van der Waals surface area contributed by atoms with E-state index < -0.39 is 0 Å². The quantitative estimate of drug-likeness (QED) is 0.556. The molecule has 5 heteroatoms. The van der Waals surface area contributed by atoms with Gasteiger partial charge in [-0.25, -0.2) is 0 Å². The second-order valence-electron chi connectivity index (χ2n) is 6.38. The summed E-state index contributed by atoms with van der Waals surface area (Å²) in [5.41, 5.74) is 3.19. The van der Waals surface area contributed by atoms with Gasteiger partial charge in [0.2, 0.25) is 0 Å². The van der Waals surface area contributed by atoms with Gasteiger partial charge in [-0.2, -0.15) is 0 Å². The molecule has 0 saturated heterocycles. The average Bonchev–Trinajstić information content (AvgIpc) is 2.72. The van der Waals surface area contributed by atoms with Crippen molar-refractivity contribution in [2.75, 3.05) is 13.1 Å².